The Morgan fingerprint density at radius 2 is 2.15 bits per heavy atom. The van der Waals surface area contributed by atoms with E-state index in [9.17, 15) is 22.7 Å². The summed E-state index contributed by atoms with van der Waals surface area (Å²) in [5, 5.41) is 8.30. The zero-order valence-electron chi connectivity index (χ0n) is 10.9. The molecule has 1 aliphatic rings. The van der Waals surface area contributed by atoms with Crippen LogP contribution in [0.15, 0.2) is 24.3 Å². The Hall–Kier alpha value is -1.47. The minimum absolute atomic E-state index is 0.168. The van der Waals surface area contributed by atoms with Gasteiger partial charge in [-0.3, -0.25) is 4.79 Å². The molecule has 2 rings (SSSR count). The quantitative estimate of drug-likeness (QED) is 0.836. The van der Waals surface area contributed by atoms with Gasteiger partial charge in [-0.1, -0.05) is 19.1 Å². The Balaban J connectivity index is 2.54. The molecule has 0 bridgehead atoms. The first-order valence-corrected chi connectivity index (χ1v) is 7.93. The van der Waals surface area contributed by atoms with Crippen LogP contribution in [0.4, 0.5) is 4.39 Å². The van der Waals surface area contributed by atoms with Crippen LogP contribution in [0.3, 0.4) is 0 Å². The number of halogens is 1. The van der Waals surface area contributed by atoms with Crippen molar-refractivity contribution in [1.29, 1.82) is 0 Å². The molecule has 0 amide bonds. The lowest BCUT2D eigenvalue weighted by Gasteiger charge is -2.09. The lowest BCUT2D eigenvalue weighted by molar-refractivity contribution is -0.143. The second kappa shape index (κ2) is 4.82. The van der Waals surface area contributed by atoms with E-state index in [0.29, 0.717) is 5.56 Å². The van der Waals surface area contributed by atoms with Gasteiger partial charge >= 0.3 is 5.97 Å². The summed E-state index contributed by atoms with van der Waals surface area (Å²) in [6.45, 7) is 1.16. The number of aliphatic carboxylic acids is 1. The van der Waals surface area contributed by atoms with Crippen LogP contribution < -0.4 is 5.73 Å². The standard InChI is InChI=1S/C13H16FNO4S/c1-2-20(18,19)11-10(13(11,7-15)12(16)17)8-4-3-5-9(14)6-8/h3-6,10-11H,2,7,15H2,1H3,(H,16,17)/t10-,11+,13-/m0/s1. The lowest BCUT2D eigenvalue weighted by atomic mass is 9.99. The number of hydrogen-bond donors (Lipinski definition) is 2. The number of rotatable bonds is 5. The van der Waals surface area contributed by atoms with Crippen LogP contribution in [0.2, 0.25) is 0 Å². The highest BCUT2D eigenvalue weighted by atomic mass is 32.2. The van der Waals surface area contributed by atoms with E-state index in [4.69, 9.17) is 5.73 Å². The van der Waals surface area contributed by atoms with Crippen molar-refractivity contribution in [3.8, 4) is 0 Å². The molecular formula is C13H16FNO4S. The molecule has 0 unspecified atom stereocenters. The van der Waals surface area contributed by atoms with Crippen LogP contribution in [-0.2, 0) is 14.6 Å². The van der Waals surface area contributed by atoms with E-state index in [1.807, 2.05) is 0 Å². The third-order valence-electron chi connectivity index (χ3n) is 3.99. The molecule has 3 N–H and O–H groups in total. The van der Waals surface area contributed by atoms with Gasteiger partial charge in [0.15, 0.2) is 9.84 Å². The summed E-state index contributed by atoms with van der Waals surface area (Å²) in [5.41, 5.74) is 4.35. The van der Waals surface area contributed by atoms with Crippen molar-refractivity contribution in [3.05, 3.63) is 35.6 Å². The first kappa shape index (κ1) is 14.9. The van der Waals surface area contributed by atoms with Gasteiger partial charge in [0.1, 0.15) is 11.2 Å². The zero-order chi connectivity index (χ0) is 15.1. The molecule has 3 atom stereocenters. The predicted octanol–water partition coefficient (Wildman–Crippen LogP) is 0.756. The van der Waals surface area contributed by atoms with E-state index in [1.54, 1.807) is 0 Å². The van der Waals surface area contributed by atoms with E-state index >= 15 is 0 Å². The van der Waals surface area contributed by atoms with E-state index < -0.39 is 38.2 Å². The zero-order valence-corrected chi connectivity index (χ0v) is 11.7. The molecule has 0 spiro atoms. The summed E-state index contributed by atoms with van der Waals surface area (Å²) in [6.07, 6.45) is 0. The van der Waals surface area contributed by atoms with Crippen LogP contribution in [-0.4, -0.2) is 37.0 Å². The molecule has 7 heteroatoms. The minimum Gasteiger partial charge on any atom is -0.481 e. The van der Waals surface area contributed by atoms with E-state index in [1.165, 1.54) is 31.2 Å². The summed E-state index contributed by atoms with van der Waals surface area (Å²) in [4.78, 5) is 11.5. The second-order valence-electron chi connectivity index (χ2n) is 4.95. The van der Waals surface area contributed by atoms with E-state index in [0.717, 1.165) is 0 Å². The molecule has 0 saturated heterocycles. The Morgan fingerprint density at radius 1 is 1.50 bits per heavy atom. The molecule has 0 aliphatic heterocycles. The molecule has 1 aliphatic carbocycles. The molecule has 1 fully saturated rings. The molecule has 1 aromatic rings. The molecule has 0 radical (unpaired) electrons. The largest absolute Gasteiger partial charge is 0.481 e. The summed E-state index contributed by atoms with van der Waals surface area (Å²) in [7, 11) is -3.58. The third kappa shape index (κ3) is 2.01. The van der Waals surface area contributed by atoms with Gasteiger partial charge in [-0.05, 0) is 17.7 Å². The molecule has 0 heterocycles. The van der Waals surface area contributed by atoms with Crippen LogP contribution in [0.1, 0.15) is 18.4 Å². The molecule has 1 saturated carbocycles. The van der Waals surface area contributed by atoms with Gasteiger partial charge in [-0.15, -0.1) is 0 Å². The van der Waals surface area contributed by atoms with E-state index in [-0.39, 0.29) is 12.3 Å². The van der Waals surface area contributed by atoms with Gasteiger partial charge in [0, 0.05) is 18.2 Å². The first-order valence-electron chi connectivity index (χ1n) is 6.21. The van der Waals surface area contributed by atoms with Gasteiger partial charge in [0.25, 0.3) is 0 Å². The summed E-state index contributed by atoms with van der Waals surface area (Å²) in [6, 6.07) is 5.36. The topological polar surface area (TPSA) is 97.5 Å². The molecule has 20 heavy (non-hydrogen) atoms. The maximum absolute atomic E-state index is 13.3. The van der Waals surface area contributed by atoms with Crippen LogP contribution >= 0.6 is 0 Å². The highest BCUT2D eigenvalue weighted by Gasteiger charge is 2.74. The summed E-state index contributed by atoms with van der Waals surface area (Å²) in [5.74, 6) is -2.75. The van der Waals surface area contributed by atoms with Crippen molar-refractivity contribution >= 4 is 15.8 Å². The second-order valence-corrected chi connectivity index (χ2v) is 7.37. The number of hydrogen-bond acceptors (Lipinski definition) is 4. The molecule has 0 aromatic heterocycles. The average Bonchev–Trinajstić information content (AvgIpc) is 3.10. The SMILES string of the molecule is CCS(=O)(=O)[C@@H]1[C@H](c2cccc(F)c2)[C@]1(CN)C(=O)O. The smallest absolute Gasteiger partial charge is 0.312 e. The van der Waals surface area contributed by atoms with Crippen molar-refractivity contribution in [2.45, 2.75) is 18.1 Å². The Morgan fingerprint density at radius 3 is 2.60 bits per heavy atom. The average molecular weight is 301 g/mol. The van der Waals surface area contributed by atoms with Crippen molar-refractivity contribution in [2.75, 3.05) is 12.3 Å². The van der Waals surface area contributed by atoms with E-state index in [2.05, 4.69) is 0 Å². The summed E-state index contributed by atoms with van der Waals surface area (Å²) < 4.78 is 37.5. The van der Waals surface area contributed by atoms with Gasteiger partial charge in [-0.2, -0.15) is 0 Å². The van der Waals surface area contributed by atoms with Crippen molar-refractivity contribution in [3.63, 3.8) is 0 Å². The maximum Gasteiger partial charge on any atom is 0.312 e. The van der Waals surface area contributed by atoms with Crippen molar-refractivity contribution in [1.82, 2.24) is 0 Å². The third-order valence-corrected chi connectivity index (χ3v) is 6.26. The molecule has 5 nitrogen and oxygen atoms in total. The van der Waals surface area contributed by atoms with Crippen LogP contribution in [0, 0.1) is 11.2 Å². The van der Waals surface area contributed by atoms with Gasteiger partial charge in [0.2, 0.25) is 0 Å². The fourth-order valence-corrected chi connectivity index (χ4v) is 4.95. The molecular weight excluding hydrogens is 285 g/mol. The molecule has 110 valence electrons. The first-order chi connectivity index (χ1) is 9.31. The van der Waals surface area contributed by atoms with Crippen molar-refractivity contribution < 1.29 is 22.7 Å². The van der Waals surface area contributed by atoms with Gasteiger partial charge in [-0.25, -0.2) is 12.8 Å². The fraction of sp³-hybridized carbons (Fsp3) is 0.462. The predicted molar refractivity (Wildman–Crippen MR) is 71.5 cm³/mol. The highest BCUT2D eigenvalue weighted by Crippen LogP contribution is 2.62. The van der Waals surface area contributed by atoms with Crippen LogP contribution in [0.25, 0.3) is 0 Å². The number of carbonyl (C=O) groups is 1. The Bertz CT molecular complexity index is 646. The highest BCUT2D eigenvalue weighted by molar-refractivity contribution is 7.92. The molecule has 1 aromatic carbocycles. The Labute approximate surface area is 116 Å². The number of benzene rings is 1. The van der Waals surface area contributed by atoms with Crippen molar-refractivity contribution in [2.24, 2.45) is 11.1 Å². The summed E-state index contributed by atoms with van der Waals surface area (Å²) >= 11 is 0. The minimum atomic E-state index is -3.58. The number of sulfone groups is 1. The fourth-order valence-electron chi connectivity index (χ4n) is 2.87. The van der Waals surface area contributed by atoms with Crippen LogP contribution in [0.5, 0.6) is 0 Å². The lowest BCUT2D eigenvalue weighted by Crippen LogP contribution is -2.32. The van der Waals surface area contributed by atoms with Gasteiger partial charge in [0.05, 0.1) is 5.25 Å². The number of carboxylic acid groups (broad SMARTS) is 1. The number of nitrogens with two attached hydrogens (primary N) is 1. The monoisotopic (exact) mass is 301 g/mol. The van der Waals surface area contributed by atoms with Gasteiger partial charge < -0.3 is 10.8 Å². The maximum atomic E-state index is 13.3. The Kier molecular flexibility index (Phi) is 3.60. The number of carboxylic acids is 1. The normalized spacial score (nSPS) is 29.1.